The molecule has 0 aliphatic rings. The lowest BCUT2D eigenvalue weighted by molar-refractivity contribution is 0.287. The number of likely N-dealkylation sites (N-methyl/N-ethyl adjacent to an activating group) is 1. The van der Waals surface area contributed by atoms with Crippen LogP contribution >= 0.6 is 11.6 Å². The van der Waals surface area contributed by atoms with Crippen molar-refractivity contribution in [2.24, 2.45) is 0 Å². The highest BCUT2D eigenvalue weighted by molar-refractivity contribution is 6.35. The van der Waals surface area contributed by atoms with Gasteiger partial charge in [-0.2, -0.15) is 0 Å². The fourth-order valence-electron chi connectivity index (χ4n) is 2.54. The van der Waals surface area contributed by atoms with Gasteiger partial charge < -0.3 is 10.2 Å². The molecule has 0 aliphatic carbocycles. The first-order valence-corrected chi connectivity index (χ1v) is 8.09. The summed E-state index contributed by atoms with van der Waals surface area (Å²) < 4.78 is 0. The van der Waals surface area contributed by atoms with E-state index in [1.54, 1.807) is 0 Å². The van der Waals surface area contributed by atoms with Gasteiger partial charge in [-0.05, 0) is 43.3 Å². The molecule has 0 spiro atoms. The molecule has 0 saturated carbocycles. The molecule has 2 rings (SSSR count). The average Bonchev–Trinajstić information content (AvgIpc) is 2.52. The third-order valence-corrected chi connectivity index (χ3v) is 4.04. The average molecular weight is 306 g/mol. The number of benzene rings is 1. The Bertz CT molecular complexity index is 571. The highest BCUT2D eigenvalue weighted by Gasteiger charge is 2.05. The van der Waals surface area contributed by atoms with E-state index in [0.29, 0.717) is 0 Å². The van der Waals surface area contributed by atoms with Crippen molar-refractivity contribution in [3.63, 3.8) is 0 Å². The quantitative estimate of drug-likeness (QED) is 0.754. The van der Waals surface area contributed by atoms with Crippen LogP contribution in [0.4, 0.5) is 0 Å². The molecule has 1 aromatic carbocycles. The van der Waals surface area contributed by atoms with Crippen LogP contribution in [0.5, 0.6) is 0 Å². The fraction of sp³-hybridized carbons (Fsp3) is 0.471. The van der Waals surface area contributed by atoms with E-state index < -0.39 is 0 Å². The molecular formula is C17H24ClN3. The van der Waals surface area contributed by atoms with Gasteiger partial charge >= 0.3 is 0 Å². The van der Waals surface area contributed by atoms with Gasteiger partial charge in [0.2, 0.25) is 0 Å². The van der Waals surface area contributed by atoms with Crippen molar-refractivity contribution in [2.45, 2.75) is 26.8 Å². The molecule has 0 amide bonds. The second-order valence-corrected chi connectivity index (χ2v) is 5.62. The molecule has 3 nitrogen and oxygen atoms in total. The maximum atomic E-state index is 6.22. The van der Waals surface area contributed by atoms with Crippen LogP contribution in [0, 0.1) is 0 Å². The number of nitrogens with zero attached hydrogens (tertiary/aromatic N) is 2. The van der Waals surface area contributed by atoms with Gasteiger partial charge in [-0.3, -0.25) is 4.98 Å². The minimum atomic E-state index is 0.766. The van der Waals surface area contributed by atoms with E-state index in [4.69, 9.17) is 11.6 Å². The molecule has 0 atom stereocenters. The van der Waals surface area contributed by atoms with Crippen molar-refractivity contribution in [3.8, 4) is 0 Å². The molecular weight excluding hydrogens is 282 g/mol. The molecule has 114 valence electrons. The molecule has 0 aliphatic heterocycles. The van der Waals surface area contributed by atoms with Crippen LogP contribution in [0.25, 0.3) is 10.9 Å². The zero-order valence-corrected chi connectivity index (χ0v) is 13.7. The molecule has 21 heavy (non-hydrogen) atoms. The maximum Gasteiger partial charge on any atom is 0.0761 e. The number of fused-ring (bicyclic) bond motifs is 1. The van der Waals surface area contributed by atoms with Crippen molar-refractivity contribution >= 4 is 22.5 Å². The monoisotopic (exact) mass is 305 g/mol. The number of aromatic nitrogens is 1. The molecule has 0 radical (unpaired) electrons. The molecule has 0 saturated heterocycles. The standard InChI is InChI=1S/C17H24ClN3/c1-3-11-21(4-2)12-10-19-13-14-7-8-16(18)15-6-5-9-20-17(14)15/h5-9,19H,3-4,10-13H2,1-2H3. The Labute approximate surface area is 132 Å². The predicted molar refractivity (Wildman–Crippen MR) is 90.9 cm³/mol. The van der Waals surface area contributed by atoms with Gasteiger partial charge in [-0.15, -0.1) is 0 Å². The minimum absolute atomic E-state index is 0.766. The van der Waals surface area contributed by atoms with Gasteiger partial charge in [-0.1, -0.05) is 31.5 Å². The summed E-state index contributed by atoms with van der Waals surface area (Å²) in [5.74, 6) is 0. The van der Waals surface area contributed by atoms with Gasteiger partial charge in [0.15, 0.2) is 0 Å². The topological polar surface area (TPSA) is 28.2 Å². The Morgan fingerprint density at radius 3 is 2.81 bits per heavy atom. The molecule has 1 aromatic heterocycles. The third kappa shape index (κ3) is 4.40. The molecule has 1 heterocycles. The van der Waals surface area contributed by atoms with Crippen molar-refractivity contribution in [2.75, 3.05) is 26.2 Å². The largest absolute Gasteiger partial charge is 0.311 e. The van der Waals surface area contributed by atoms with Gasteiger partial charge in [0, 0.05) is 36.2 Å². The van der Waals surface area contributed by atoms with Crippen LogP contribution in [0.15, 0.2) is 30.5 Å². The van der Waals surface area contributed by atoms with E-state index in [2.05, 4.69) is 35.1 Å². The Balaban J connectivity index is 1.94. The molecule has 0 bridgehead atoms. The van der Waals surface area contributed by atoms with E-state index in [1.165, 1.54) is 18.5 Å². The zero-order valence-electron chi connectivity index (χ0n) is 12.9. The molecule has 2 aromatic rings. The van der Waals surface area contributed by atoms with Crippen LogP contribution in [0.2, 0.25) is 5.02 Å². The lowest BCUT2D eigenvalue weighted by Crippen LogP contribution is -2.32. The first-order chi connectivity index (χ1) is 10.3. The zero-order chi connectivity index (χ0) is 15.1. The van der Waals surface area contributed by atoms with Crippen molar-refractivity contribution in [1.29, 1.82) is 0 Å². The van der Waals surface area contributed by atoms with Crippen LogP contribution in [0.1, 0.15) is 25.8 Å². The van der Waals surface area contributed by atoms with Crippen LogP contribution in [0.3, 0.4) is 0 Å². The number of nitrogens with one attached hydrogen (secondary N) is 1. The normalized spacial score (nSPS) is 11.4. The molecule has 0 unspecified atom stereocenters. The number of hydrogen-bond acceptors (Lipinski definition) is 3. The summed E-state index contributed by atoms with van der Waals surface area (Å²) in [6.45, 7) is 9.63. The van der Waals surface area contributed by atoms with Crippen LogP contribution < -0.4 is 5.32 Å². The van der Waals surface area contributed by atoms with E-state index in [-0.39, 0.29) is 0 Å². The summed E-state index contributed by atoms with van der Waals surface area (Å²) in [6, 6.07) is 7.97. The van der Waals surface area contributed by atoms with Crippen molar-refractivity contribution < 1.29 is 0 Å². The number of halogens is 1. The van der Waals surface area contributed by atoms with Crippen LogP contribution in [-0.2, 0) is 6.54 Å². The lowest BCUT2D eigenvalue weighted by Gasteiger charge is -2.19. The minimum Gasteiger partial charge on any atom is -0.311 e. The number of rotatable bonds is 8. The fourth-order valence-corrected chi connectivity index (χ4v) is 2.76. The van der Waals surface area contributed by atoms with Gasteiger partial charge in [-0.25, -0.2) is 0 Å². The maximum absolute atomic E-state index is 6.22. The Morgan fingerprint density at radius 2 is 2.05 bits per heavy atom. The van der Waals surface area contributed by atoms with Crippen LogP contribution in [-0.4, -0.2) is 36.1 Å². The van der Waals surface area contributed by atoms with E-state index in [9.17, 15) is 0 Å². The summed E-state index contributed by atoms with van der Waals surface area (Å²) in [7, 11) is 0. The third-order valence-electron chi connectivity index (χ3n) is 3.71. The lowest BCUT2D eigenvalue weighted by atomic mass is 10.1. The Kier molecular flexibility index (Phi) is 6.43. The summed E-state index contributed by atoms with van der Waals surface area (Å²) >= 11 is 6.22. The Morgan fingerprint density at radius 1 is 1.19 bits per heavy atom. The van der Waals surface area contributed by atoms with Gasteiger partial charge in [0.25, 0.3) is 0 Å². The van der Waals surface area contributed by atoms with E-state index in [1.807, 2.05) is 24.4 Å². The van der Waals surface area contributed by atoms with E-state index in [0.717, 1.165) is 42.1 Å². The summed E-state index contributed by atoms with van der Waals surface area (Å²) in [5, 5.41) is 5.30. The highest BCUT2D eigenvalue weighted by atomic mass is 35.5. The smallest absolute Gasteiger partial charge is 0.0761 e. The Hall–Kier alpha value is -1.16. The number of pyridine rings is 1. The first kappa shape index (κ1) is 16.2. The SMILES string of the molecule is CCCN(CC)CCNCc1ccc(Cl)c2cccnc12. The predicted octanol–water partition coefficient (Wildman–Crippen LogP) is 3.71. The first-order valence-electron chi connectivity index (χ1n) is 7.71. The molecule has 4 heteroatoms. The second-order valence-electron chi connectivity index (χ2n) is 5.22. The highest BCUT2D eigenvalue weighted by Crippen LogP contribution is 2.24. The molecule has 0 fully saturated rings. The summed E-state index contributed by atoms with van der Waals surface area (Å²) in [4.78, 5) is 6.93. The summed E-state index contributed by atoms with van der Waals surface area (Å²) in [6.07, 6.45) is 3.03. The van der Waals surface area contributed by atoms with Gasteiger partial charge in [0.05, 0.1) is 5.52 Å². The molecule has 1 N–H and O–H groups in total. The van der Waals surface area contributed by atoms with Crippen molar-refractivity contribution in [3.05, 3.63) is 41.0 Å². The second kappa shape index (κ2) is 8.32. The van der Waals surface area contributed by atoms with Gasteiger partial charge in [0.1, 0.15) is 0 Å². The number of hydrogen-bond donors (Lipinski definition) is 1. The van der Waals surface area contributed by atoms with Crippen molar-refractivity contribution in [1.82, 2.24) is 15.2 Å². The van der Waals surface area contributed by atoms with E-state index >= 15 is 0 Å². The summed E-state index contributed by atoms with van der Waals surface area (Å²) in [5.41, 5.74) is 2.20.